The lowest BCUT2D eigenvalue weighted by Crippen LogP contribution is -2.05. The maximum atomic E-state index is 13.1. The van der Waals surface area contributed by atoms with E-state index in [2.05, 4.69) is 40.5 Å². The van der Waals surface area contributed by atoms with Gasteiger partial charge >= 0.3 is 5.91 Å². The number of fused-ring (bicyclic) bond motifs is 1. The molecule has 3 heterocycles. The molecule has 0 unspecified atom stereocenters. The standard InChI is InChI=1S/C22H19N9O4/c1-2-11-34-13-9-7-12(8-10-13)18-17(26-30-31(18)20-19(23)28-35-29-20)22(33)27-25-16-14-5-3-4-6-15(14)24-21(16)32/h3-10,24,32H,2,11H2,1H3,(H2,23,28). The molecule has 0 radical (unpaired) electrons. The number of ether oxygens (including phenoxy) is 1. The second kappa shape index (κ2) is 9.05. The summed E-state index contributed by atoms with van der Waals surface area (Å²) in [5.74, 6) is -0.319. The Kier molecular flexibility index (Phi) is 5.63. The van der Waals surface area contributed by atoms with Gasteiger partial charge in [0.15, 0.2) is 11.4 Å². The monoisotopic (exact) mass is 473 g/mol. The fourth-order valence-electron chi connectivity index (χ4n) is 3.46. The van der Waals surface area contributed by atoms with E-state index in [0.717, 1.165) is 6.42 Å². The number of hydrogen-bond donors (Lipinski definition) is 3. The van der Waals surface area contributed by atoms with Crippen LogP contribution >= 0.6 is 0 Å². The summed E-state index contributed by atoms with van der Waals surface area (Å²) in [5.41, 5.74) is 7.33. The minimum Gasteiger partial charge on any atom is -0.494 e. The SMILES string of the molecule is CCCOc1ccc(-c2c(C(=O)N=Nc3c(O)[nH]c4ccccc34)nnn2-c2nonc2N)cc1. The summed E-state index contributed by atoms with van der Waals surface area (Å²) in [6, 6.07) is 14.1. The number of hydrogen-bond acceptors (Lipinski definition) is 10. The predicted molar refractivity (Wildman–Crippen MR) is 124 cm³/mol. The molecule has 4 N–H and O–H groups in total. The Labute approximate surface area is 197 Å². The molecule has 0 fully saturated rings. The summed E-state index contributed by atoms with van der Waals surface area (Å²) in [4.78, 5) is 15.9. The molecule has 0 aliphatic rings. The number of anilines is 1. The zero-order valence-electron chi connectivity index (χ0n) is 18.4. The lowest BCUT2D eigenvalue weighted by atomic mass is 10.1. The van der Waals surface area contributed by atoms with Crippen LogP contribution in [0.5, 0.6) is 11.6 Å². The van der Waals surface area contributed by atoms with Gasteiger partial charge < -0.3 is 20.6 Å². The van der Waals surface area contributed by atoms with Crippen LogP contribution in [0.4, 0.5) is 11.5 Å². The van der Waals surface area contributed by atoms with Crippen molar-refractivity contribution in [2.24, 2.45) is 10.2 Å². The van der Waals surface area contributed by atoms with Crippen LogP contribution in [0, 0.1) is 0 Å². The number of azo groups is 1. The van der Waals surface area contributed by atoms with Crippen molar-refractivity contribution in [2.45, 2.75) is 13.3 Å². The van der Waals surface area contributed by atoms with E-state index in [9.17, 15) is 9.90 Å². The highest BCUT2D eigenvalue weighted by Crippen LogP contribution is 2.35. The van der Waals surface area contributed by atoms with Gasteiger partial charge in [-0.05, 0) is 47.1 Å². The van der Waals surface area contributed by atoms with Gasteiger partial charge in [0, 0.05) is 10.9 Å². The third-order valence-corrected chi connectivity index (χ3v) is 5.07. The molecule has 0 atom stereocenters. The Bertz CT molecular complexity index is 1530. The van der Waals surface area contributed by atoms with Gasteiger partial charge in [0.05, 0.1) is 12.1 Å². The average molecular weight is 473 g/mol. The van der Waals surface area contributed by atoms with Crippen molar-refractivity contribution in [1.82, 2.24) is 30.3 Å². The fourth-order valence-corrected chi connectivity index (χ4v) is 3.46. The first kappa shape index (κ1) is 21.8. The largest absolute Gasteiger partial charge is 0.494 e. The van der Waals surface area contributed by atoms with E-state index in [1.54, 1.807) is 48.5 Å². The molecule has 0 aliphatic heterocycles. The molecule has 0 spiro atoms. The van der Waals surface area contributed by atoms with Gasteiger partial charge in [0.2, 0.25) is 17.5 Å². The summed E-state index contributed by atoms with van der Waals surface area (Å²) >= 11 is 0. The number of carbonyl (C=O) groups is 1. The van der Waals surface area contributed by atoms with Gasteiger partial charge in [-0.2, -0.15) is 4.68 Å². The van der Waals surface area contributed by atoms with E-state index in [1.165, 1.54) is 4.68 Å². The zero-order valence-corrected chi connectivity index (χ0v) is 18.4. The second-order valence-corrected chi connectivity index (χ2v) is 7.42. The van der Waals surface area contributed by atoms with Gasteiger partial charge in [-0.1, -0.05) is 30.3 Å². The van der Waals surface area contributed by atoms with Crippen molar-refractivity contribution < 1.29 is 19.3 Å². The van der Waals surface area contributed by atoms with E-state index < -0.39 is 5.91 Å². The molecular formula is C22H19N9O4. The molecular weight excluding hydrogens is 454 g/mol. The molecule has 5 aromatic rings. The van der Waals surface area contributed by atoms with Crippen molar-refractivity contribution in [3.05, 3.63) is 54.2 Å². The quantitative estimate of drug-likeness (QED) is 0.296. The number of amides is 1. The van der Waals surface area contributed by atoms with Crippen molar-refractivity contribution in [3.63, 3.8) is 0 Å². The Balaban J connectivity index is 1.55. The molecule has 0 bridgehead atoms. The van der Waals surface area contributed by atoms with Crippen molar-refractivity contribution >= 4 is 28.3 Å². The Morgan fingerprint density at radius 1 is 1.20 bits per heavy atom. The van der Waals surface area contributed by atoms with E-state index in [0.29, 0.717) is 28.8 Å². The minimum absolute atomic E-state index is 0.0385. The smallest absolute Gasteiger partial charge is 0.318 e. The summed E-state index contributed by atoms with van der Waals surface area (Å²) in [7, 11) is 0. The third-order valence-electron chi connectivity index (χ3n) is 5.07. The number of para-hydroxylation sites is 1. The number of aromatic nitrogens is 6. The zero-order chi connectivity index (χ0) is 24.4. The van der Waals surface area contributed by atoms with Gasteiger partial charge in [-0.15, -0.1) is 15.3 Å². The minimum atomic E-state index is -0.794. The van der Waals surface area contributed by atoms with Crippen LogP contribution in [0.15, 0.2) is 63.4 Å². The first-order chi connectivity index (χ1) is 17.1. The molecule has 0 saturated carbocycles. The molecule has 35 heavy (non-hydrogen) atoms. The third kappa shape index (κ3) is 4.06. The van der Waals surface area contributed by atoms with Crippen LogP contribution in [-0.2, 0) is 0 Å². The van der Waals surface area contributed by atoms with Gasteiger partial charge in [0.25, 0.3) is 0 Å². The fraction of sp³-hybridized carbons (Fsp3) is 0.136. The summed E-state index contributed by atoms with van der Waals surface area (Å²) in [6.45, 7) is 2.59. The molecule has 176 valence electrons. The number of carbonyl (C=O) groups excluding carboxylic acids is 1. The number of nitrogens with zero attached hydrogens (tertiary/aromatic N) is 7. The van der Waals surface area contributed by atoms with Gasteiger partial charge in [0.1, 0.15) is 11.4 Å². The van der Waals surface area contributed by atoms with Crippen LogP contribution < -0.4 is 10.5 Å². The molecule has 2 aromatic carbocycles. The second-order valence-electron chi connectivity index (χ2n) is 7.42. The topological polar surface area (TPSA) is 183 Å². The number of rotatable bonds is 7. The normalized spacial score (nSPS) is 11.5. The highest BCUT2D eigenvalue weighted by atomic mass is 16.6. The van der Waals surface area contributed by atoms with E-state index in [1.807, 2.05) is 6.92 Å². The van der Waals surface area contributed by atoms with Gasteiger partial charge in [-0.3, -0.25) is 4.79 Å². The molecule has 5 rings (SSSR count). The maximum Gasteiger partial charge on any atom is 0.318 e. The summed E-state index contributed by atoms with van der Waals surface area (Å²) < 4.78 is 11.5. The molecule has 0 aliphatic carbocycles. The van der Waals surface area contributed by atoms with Crippen molar-refractivity contribution in [3.8, 4) is 28.7 Å². The lowest BCUT2D eigenvalue weighted by molar-refractivity contribution is 0.0991. The van der Waals surface area contributed by atoms with E-state index in [-0.39, 0.29) is 34.6 Å². The first-order valence-corrected chi connectivity index (χ1v) is 10.6. The van der Waals surface area contributed by atoms with Crippen LogP contribution in [0.1, 0.15) is 23.8 Å². The summed E-state index contributed by atoms with van der Waals surface area (Å²) in [5, 5.41) is 33.9. The van der Waals surface area contributed by atoms with Crippen LogP contribution in [-0.4, -0.2) is 47.9 Å². The highest BCUT2D eigenvalue weighted by Gasteiger charge is 2.25. The average Bonchev–Trinajstić information content (AvgIpc) is 3.57. The number of benzene rings is 2. The maximum absolute atomic E-state index is 13.1. The molecule has 13 nitrogen and oxygen atoms in total. The number of aromatic amines is 1. The van der Waals surface area contributed by atoms with Crippen LogP contribution in [0.25, 0.3) is 28.0 Å². The Hall–Kier alpha value is -5.07. The first-order valence-electron chi connectivity index (χ1n) is 10.6. The number of aromatic hydroxyl groups is 1. The number of nitrogens with two attached hydrogens (primary N) is 1. The molecule has 13 heteroatoms. The van der Waals surface area contributed by atoms with Crippen molar-refractivity contribution in [2.75, 3.05) is 12.3 Å². The lowest BCUT2D eigenvalue weighted by Gasteiger charge is -2.07. The molecule has 3 aromatic heterocycles. The Morgan fingerprint density at radius 2 is 2.00 bits per heavy atom. The van der Waals surface area contributed by atoms with Crippen molar-refractivity contribution in [1.29, 1.82) is 0 Å². The highest BCUT2D eigenvalue weighted by molar-refractivity contribution is 5.99. The van der Waals surface area contributed by atoms with Crippen LogP contribution in [0.3, 0.4) is 0 Å². The predicted octanol–water partition coefficient (Wildman–Crippen LogP) is 3.80. The number of nitrogen functional groups attached to an aromatic ring is 1. The van der Waals surface area contributed by atoms with Gasteiger partial charge in [-0.25, -0.2) is 4.63 Å². The number of nitrogens with one attached hydrogen (secondary N) is 1. The Morgan fingerprint density at radius 3 is 2.74 bits per heavy atom. The van der Waals surface area contributed by atoms with Crippen LogP contribution in [0.2, 0.25) is 0 Å². The van der Waals surface area contributed by atoms with E-state index in [4.69, 9.17) is 10.5 Å². The molecule has 1 amide bonds. The number of H-pyrrole nitrogens is 1. The molecule has 0 saturated heterocycles. The summed E-state index contributed by atoms with van der Waals surface area (Å²) in [6.07, 6.45) is 0.868. The van der Waals surface area contributed by atoms with E-state index >= 15 is 0 Å².